The predicted molar refractivity (Wildman–Crippen MR) is 157 cm³/mol. The average molecular weight is 585 g/mol. The molecule has 0 N–H and O–H groups in total. The Hall–Kier alpha value is -4.73. The maximum absolute atomic E-state index is 13.5. The van der Waals surface area contributed by atoms with Crippen molar-refractivity contribution in [2.45, 2.75) is 45.1 Å². The number of fused-ring (bicyclic) bond motifs is 3. The zero-order valence-corrected chi connectivity index (χ0v) is 24.3. The van der Waals surface area contributed by atoms with Crippen LogP contribution in [0.3, 0.4) is 0 Å². The van der Waals surface area contributed by atoms with Gasteiger partial charge < -0.3 is 19.3 Å². The number of hydrazone groups is 1. The summed E-state index contributed by atoms with van der Waals surface area (Å²) in [4.78, 5) is 42.4. The molecule has 0 aliphatic carbocycles. The summed E-state index contributed by atoms with van der Waals surface area (Å²) in [7, 11) is 0. The molecule has 2 atom stereocenters. The summed E-state index contributed by atoms with van der Waals surface area (Å²) in [6, 6.07) is 20.1. The second-order valence-corrected chi connectivity index (χ2v) is 11.9. The van der Waals surface area contributed by atoms with Crippen LogP contribution in [0, 0.1) is 5.82 Å². The van der Waals surface area contributed by atoms with E-state index in [0.29, 0.717) is 49.5 Å². The molecule has 10 heteroatoms. The maximum Gasteiger partial charge on any atom is 0.410 e. The van der Waals surface area contributed by atoms with Crippen molar-refractivity contribution in [3.63, 3.8) is 0 Å². The number of carbonyl (C=O) groups is 3. The molecule has 0 aromatic heterocycles. The van der Waals surface area contributed by atoms with Crippen molar-refractivity contribution in [1.29, 1.82) is 0 Å². The molecule has 2 amide bonds. The fourth-order valence-corrected chi connectivity index (χ4v) is 5.54. The van der Waals surface area contributed by atoms with Crippen LogP contribution in [0.5, 0.6) is 5.75 Å². The van der Waals surface area contributed by atoms with Crippen molar-refractivity contribution in [3.8, 4) is 5.75 Å². The van der Waals surface area contributed by atoms with Gasteiger partial charge in [-0.05, 0) is 68.8 Å². The summed E-state index contributed by atoms with van der Waals surface area (Å²) in [6.07, 6.45) is -0.816. The lowest BCUT2D eigenvalue weighted by molar-refractivity contribution is -0.00456. The molecule has 0 saturated carbocycles. The monoisotopic (exact) mass is 584 g/mol. The Balaban J connectivity index is 1.17. The molecule has 9 nitrogen and oxygen atoms in total. The highest BCUT2D eigenvalue weighted by atomic mass is 19.1. The Labute approximate surface area is 249 Å². The maximum atomic E-state index is 13.5. The molecule has 1 fully saturated rings. The molecule has 3 aliphatic heterocycles. The van der Waals surface area contributed by atoms with Crippen LogP contribution >= 0.6 is 0 Å². The third kappa shape index (κ3) is 5.82. The average Bonchev–Trinajstić information content (AvgIpc) is 3.46. The highest BCUT2D eigenvalue weighted by Crippen LogP contribution is 2.43. The van der Waals surface area contributed by atoms with Crippen LogP contribution in [-0.4, -0.2) is 76.3 Å². The summed E-state index contributed by atoms with van der Waals surface area (Å²) in [6.45, 7) is 7.15. The Morgan fingerprint density at radius 1 is 0.860 bits per heavy atom. The summed E-state index contributed by atoms with van der Waals surface area (Å²) in [5.74, 6) is -0.213. The first-order valence-corrected chi connectivity index (χ1v) is 14.4. The fourth-order valence-electron chi connectivity index (χ4n) is 5.54. The van der Waals surface area contributed by atoms with Gasteiger partial charge in [-0.2, -0.15) is 5.10 Å². The first-order chi connectivity index (χ1) is 20.6. The third-order valence-electron chi connectivity index (χ3n) is 7.74. The largest absolute Gasteiger partial charge is 0.461 e. The van der Waals surface area contributed by atoms with E-state index < -0.39 is 17.6 Å². The predicted octanol–water partition coefficient (Wildman–Crippen LogP) is 5.27. The topological polar surface area (TPSA) is 91.8 Å². The second kappa shape index (κ2) is 11.2. The smallest absolute Gasteiger partial charge is 0.410 e. The molecule has 0 radical (unpaired) electrons. The standard InChI is InChI=1S/C33H33FN4O5/c1-33(2,3)43-32(41)37-18-16-36(17-19-37)30(40)23-10-8-21(9-11-23)26-20-27-25-6-4-5-7-28(25)42-31(38(27)35-26)29(39)22-12-14-24(34)15-13-22/h4-15,27,31H,16-20H2,1-3H3. The number of rotatable bonds is 4. The Kier molecular flexibility index (Phi) is 7.37. The van der Waals surface area contributed by atoms with E-state index in [-0.39, 0.29) is 23.8 Å². The SMILES string of the molecule is CC(C)(C)OC(=O)N1CCN(C(=O)c2ccc(C3=NN4C(C(=O)c5ccc(F)cc5)Oc5ccccc5C4C3)cc2)CC1. The molecule has 43 heavy (non-hydrogen) atoms. The van der Waals surface area contributed by atoms with Gasteiger partial charge in [-0.25, -0.2) is 14.2 Å². The van der Waals surface area contributed by atoms with Gasteiger partial charge in [0.15, 0.2) is 0 Å². The number of carbonyl (C=O) groups excluding carboxylic acids is 3. The number of amides is 2. The number of piperazine rings is 1. The second-order valence-electron chi connectivity index (χ2n) is 11.9. The van der Waals surface area contributed by atoms with E-state index in [1.807, 2.05) is 57.2 Å². The van der Waals surface area contributed by atoms with E-state index in [0.717, 1.165) is 16.8 Å². The van der Waals surface area contributed by atoms with E-state index in [1.165, 1.54) is 24.3 Å². The van der Waals surface area contributed by atoms with Gasteiger partial charge in [0.1, 0.15) is 17.2 Å². The van der Waals surface area contributed by atoms with Crippen LogP contribution in [-0.2, 0) is 4.74 Å². The molecular formula is C33H33FN4O5. The van der Waals surface area contributed by atoms with Gasteiger partial charge in [-0.3, -0.25) is 9.59 Å². The van der Waals surface area contributed by atoms with Crippen LogP contribution in [0.4, 0.5) is 9.18 Å². The molecule has 3 aromatic carbocycles. The lowest BCUT2D eigenvalue weighted by atomic mass is 9.95. The normalized spacial score (nSPS) is 19.6. The minimum atomic E-state index is -0.997. The lowest BCUT2D eigenvalue weighted by Crippen LogP contribution is -2.51. The number of ether oxygens (including phenoxy) is 2. The van der Waals surface area contributed by atoms with Crippen molar-refractivity contribution in [2.24, 2.45) is 5.10 Å². The zero-order chi connectivity index (χ0) is 30.3. The molecular weight excluding hydrogens is 551 g/mol. The van der Waals surface area contributed by atoms with Gasteiger partial charge in [0.2, 0.25) is 5.78 Å². The van der Waals surface area contributed by atoms with E-state index in [9.17, 15) is 18.8 Å². The number of nitrogens with zero attached hydrogens (tertiary/aromatic N) is 4. The number of hydrogen-bond donors (Lipinski definition) is 0. The van der Waals surface area contributed by atoms with Gasteiger partial charge in [-0.1, -0.05) is 30.3 Å². The van der Waals surface area contributed by atoms with Gasteiger partial charge in [0.05, 0.1) is 11.8 Å². The van der Waals surface area contributed by atoms with E-state index in [4.69, 9.17) is 14.6 Å². The number of ketones is 1. The van der Waals surface area contributed by atoms with Crippen LogP contribution in [0.15, 0.2) is 77.9 Å². The highest BCUT2D eigenvalue weighted by Gasteiger charge is 2.43. The Bertz CT molecular complexity index is 1570. The number of Topliss-reactive ketones (excluding diaryl/α,β-unsaturated/α-hetero) is 1. The summed E-state index contributed by atoms with van der Waals surface area (Å²) in [5, 5.41) is 6.51. The first-order valence-electron chi connectivity index (χ1n) is 14.4. The Morgan fingerprint density at radius 3 is 2.16 bits per heavy atom. The summed E-state index contributed by atoms with van der Waals surface area (Å²) >= 11 is 0. The minimum Gasteiger partial charge on any atom is -0.461 e. The molecule has 0 spiro atoms. The molecule has 3 heterocycles. The van der Waals surface area contributed by atoms with Crippen molar-refractivity contribution in [3.05, 3.63) is 101 Å². The van der Waals surface area contributed by atoms with Crippen molar-refractivity contribution in [2.75, 3.05) is 26.2 Å². The van der Waals surface area contributed by atoms with Crippen LogP contribution in [0.1, 0.15) is 65.1 Å². The molecule has 6 rings (SSSR count). The van der Waals surface area contributed by atoms with E-state index in [2.05, 4.69) is 0 Å². The number of para-hydroxylation sites is 1. The van der Waals surface area contributed by atoms with Gasteiger partial charge in [0, 0.05) is 49.3 Å². The van der Waals surface area contributed by atoms with Crippen molar-refractivity contribution >= 4 is 23.5 Å². The molecule has 222 valence electrons. The lowest BCUT2D eigenvalue weighted by Gasteiger charge is -2.37. The van der Waals surface area contributed by atoms with E-state index >= 15 is 0 Å². The summed E-state index contributed by atoms with van der Waals surface area (Å²) in [5.41, 5.74) is 2.85. The quantitative estimate of drug-likeness (QED) is 0.388. The van der Waals surface area contributed by atoms with Gasteiger partial charge in [-0.15, -0.1) is 0 Å². The Morgan fingerprint density at radius 2 is 1.49 bits per heavy atom. The number of halogens is 1. The van der Waals surface area contributed by atoms with Crippen LogP contribution < -0.4 is 4.74 Å². The molecule has 2 unspecified atom stereocenters. The highest BCUT2D eigenvalue weighted by molar-refractivity contribution is 6.04. The van der Waals surface area contributed by atoms with Gasteiger partial charge in [0.25, 0.3) is 12.1 Å². The first kappa shape index (κ1) is 28.4. The van der Waals surface area contributed by atoms with Crippen molar-refractivity contribution in [1.82, 2.24) is 14.8 Å². The molecule has 3 aromatic rings. The van der Waals surface area contributed by atoms with Crippen LogP contribution in [0.25, 0.3) is 0 Å². The molecule has 3 aliphatic rings. The van der Waals surface area contributed by atoms with Gasteiger partial charge >= 0.3 is 6.09 Å². The molecule has 1 saturated heterocycles. The zero-order valence-electron chi connectivity index (χ0n) is 24.3. The minimum absolute atomic E-state index is 0.103. The third-order valence-corrected chi connectivity index (χ3v) is 7.74. The van der Waals surface area contributed by atoms with Crippen LogP contribution in [0.2, 0.25) is 0 Å². The number of hydrogen-bond acceptors (Lipinski definition) is 7. The van der Waals surface area contributed by atoms with Crippen molar-refractivity contribution < 1.29 is 28.2 Å². The molecule has 0 bridgehead atoms. The van der Waals surface area contributed by atoms with E-state index in [1.54, 1.807) is 26.9 Å². The number of benzene rings is 3. The fraction of sp³-hybridized carbons (Fsp3) is 0.333. The summed E-state index contributed by atoms with van der Waals surface area (Å²) < 4.78 is 25.1.